The van der Waals surface area contributed by atoms with Crippen molar-refractivity contribution in [3.63, 3.8) is 0 Å². The fraction of sp³-hybridized carbons (Fsp3) is 0.227. The van der Waals surface area contributed by atoms with Gasteiger partial charge in [0.15, 0.2) is 0 Å². The third kappa shape index (κ3) is 5.56. The van der Waals surface area contributed by atoms with Gasteiger partial charge in [-0.3, -0.25) is 4.79 Å². The Labute approximate surface area is 170 Å². The number of carbonyl (C=O) groups is 1. The predicted octanol–water partition coefficient (Wildman–Crippen LogP) is 3.65. The summed E-state index contributed by atoms with van der Waals surface area (Å²) in [5.74, 6) is 0.135. The van der Waals surface area contributed by atoms with Gasteiger partial charge in [-0.1, -0.05) is 42.5 Å². The first-order valence-electron chi connectivity index (χ1n) is 9.34. The SMILES string of the molecule is CCOc1ccc(S(=O)(=O)NCCC(=O)OCc2cccc3ccccc23)cc1. The minimum atomic E-state index is -3.70. The zero-order valence-corrected chi connectivity index (χ0v) is 16.9. The molecule has 3 aromatic rings. The Morgan fingerprint density at radius 3 is 2.45 bits per heavy atom. The molecule has 0 aliphatic heterocycles. The maximum atomic E-state index is 12.3. The fourth-order valence-corrected chi connectivity index (χ4v) is 3.93. The first-order chi connectivity index (χ1) is 14.0. The Bertz CT molecular complexity index is 1070. The minimum absolute atomic E-state index is 0.0378. The first kappa shape index (κ1) is 20.8. The first-order valence-corrected chi connectivity index (χ1v) is 10.8. The number of nitrogens with one attached hydrogen (secondary N) is 1. The molecule has 0 aliphatic rings. The van der Waals surface area contributed by atoms with Crippen LogP contribution in [0.1, 0.15) is 18.9 Å². The van der Waals surface area contributed by atoms with E-state index in [9.17, 15) is 13.2 Å². The van der Waals surface area contributed by atoms with Crippen LogP contribution in [0, 0.1) is 0 Å². The van der Waals surface area contributed by atoms with Crippen LogP contribution in [0.3, 0.4) is 0 Å². The normalized spacial score (nSPS) is 11.3. The van der Waals surface area contributed by atoms with Crippen LogP contribution in [0.25, 0.3) is 10.8 Å². The molecule has 1 N–H and O–H groups in total. The standard InChI is InChI=1S/C22H23NO5S/c1-2-27-19-10-12-20(13-11-19)29(25,26)23-15-14-22(24)28-16-18-8-5-7-17-6-3-4-9-21(17)18/h3-13,23H,2,14-16H2,1H3. The molecule has 0 saturated carbocycles. The molecule has 7 heteroatoms. The molecule has 0 aliphatic carbocycles. The largest absolute Gasteiger partial charge is 0.494 e. The number of benzene rings is 3. The van der Waals surface area contributed by atoms with E-state index in [2.05, 4.69) is 4.72 Å². The zero-order chi connectivity index (χ0) is 20.7. The lowest BCUT2D eigenvalue weighted by Crippen LogP contribution is -2.26. The molecule has 0 radical (unpaired) electrons. The van der Waals surface area contributed by atoms with Crippen molar-refractivity contribution in [1.82, 2.24) is 4.72 Å². The van der Waals surface area contributed by atoms with Crippen LogP contribution in [-0.4, -0.2) is 27.5 Å². The van der Waals surface area contributed by atoms with E-state index in [1.165, 1.54) is 12.1 Å². The summed E-state index contributed by atoms with van der Waals surface area (Å²) < 4.78 is 37.6. The molecule has 0 amide bonds. The second-order valence-electron chi connectivity index (χ2n) is 6.35. The number of esters is 1. The fourth-order valence-electron chi connectivity index (χ4n) is 2.90. The maximum absolute atomic E-state index is 12.3. The van der Waals surface area contributed by atoms with E-state index in [0.29, 0.717) is 12.4 Å². The molecule has 0 saturated heterocycles. The highest BCUT2D eigenvalue weighted by Gasteiger charge is 2.15. The van der Waals surface area contributed by atoms with Gasteiger partial charge in [-0.15, -0.1) is 0 Å². The van der Waals surface area contributed by atoms with E-state index in [1.54, 1.807) is 12.1 Å². The van der Waals surface area contributed by atoms with Crippen LogP contribution >= 0.6 is 0 Å². The summed E-state index contributed by atoms with van der Waals surface area (Å²) in [5, 5.41) is 2.10. The Morgan fingerprint density at radius 2 is 1.69 bits per heavy atom. The molecule has 6 nitrogen and oxygen atoms in total. The zero-order valence-electron chi connectivity index (χ0n) is 16.1. The quantitative estimate of drug-likeness (QED) is 0.542. The molecule has 0 heterocycles. The molecule has 29 heavy (non-hydrogen) atoms. The summed E-state index contributed by atoms with van der Waals surface area (Å²) in [4.78, 5) is 12.1. The number of hydrogen-bond acceptors (Lipinski definition) is 5. The summed E-state index contributed by atoms with van der Waals surface area (Å²) in [7, 11) is -3.70. The van der Waals surface area contributed by atoms with Gasteiger partial charge in [0.25, 0.3) is 0 Å². The topological polar surface area (TPSA) is 81.7 Å². The lowest BCUT2D eigenvalue weighted by molar-refractivity contribution is -0.144. The Morgan fingerprint density at radius 1 is 0.966 bits per heavy atom. The summed E-state index contributed by atoms with van der Waals surface area (Å²) in [6, 6.07) is 19.8. The van der Waals surface area contributed by atoms with Crippen LogP contribution in [-0.2, 0) is 26.2 Å². The predicted molar refractivity (Wildman–Crippen MR) is 111 cm³/mol. The summed E-state index contributed by atoms with van der Waals surface area (Å²) in [6.45, 7) is 2.46. The van der Waals surface area contributed by atoms with E-state index >= 15 is 0 Å². The van der Waals surface area contributed by atoms with E-state index in [-0.39, 0.29) is 24.5 Å². The van der Waals surface area contributed by atoms with E-state index in [4.69, 9.17) is 9.47 Å². The number of sulfonamides is 1. The van der Waals surface area contributed by atoms with E-state index in [0.717, 1.165) is 16.3 Å². The molecule has 0 fully saturated rings. The van der Waals surface area contributed by atoms with E-state index < -0.39 is 16.0 Å². The van der Waals surface area contributed by atoms with Crippen molar-refractivity contribution in [1.29, 1.82) is 0 Å². The number of rotatable bonds is 9. The third-order valence-electron chi connectivity index (χ3n) is 4.33. The second kappa shape index (κ2) is 9.54. The molecule has 3 aromatic carbocycles. The van der Waals surface area contributed by atoms with Crippen LogP contribution < -0.4 is 9.46 Å². The van der Waals surface area contributed by atoms with Gasteiger partial charge in [0.05, 0.1) is 17.9 Å². The molecule has 0 aromatic heterocycles. The average Bonchev–Trinajstić information content (AvgIpc) is 2.73. The highest BCUT2D eigenvalue weighted by atomic mass is 32.2. The highest BCUT2D eigenvalue weighted by Crippen LogP contribution is 2.19. The van der Waals surface area contributed by atoms with Crippen molar-refractivity contribution >= 4 is 26.8 Å². The molecule has 0 spiro atoms. The van der Waals surface area contributed by atoms with Crippen LogP contribution in [0.15, 0.2) is 71.6 Å². The molecular formula is C22H23NO5S. The lowest BCUT2D eigenvalue weighted by Gasteiger charge is -2.09. The van der Waals surface area contributed by atoms with Gasteiger partial charge < -0.3 is 9.47 Å². The van der Waals surface area contributed by atoms with Crippen LogP contribution in [0.2, 0.25) is 0 Å². The molecule has 0 bridgehead atoms. The number of hydrogen-bond donors (Lipinski definition) is 1. The van der Waals surface area contributed by atoms with Crippen molar-refractivity contribution in [3.8, 4) is 5.75 Å². The van der Waals surface area contributed by atoms with Gasteiger partial charge in [-0.05, 0) is 47.5 Å². The Balaban J connectivity index is 1.50. The summed E-state index contributed by atoms with van der Waals surface area (Å²) >= 11 is 0. The van der Waals surface area contributed by atoms with Crippen LogP contribution in [0.5, 0.6) is 5.75 Å². The molecule has 152 valence electrons. The Hall–Kier alpha value is -2.90. The third-order valence-corrected chi connectivity index (χ3v) is 5.81. The molecule has 0 unspecified atom stereocenters. The monoisotopic (exact) mass is 413 g/mol. The molecule has 3 rings (SSSR count). The smallest absolute Gasteiger partial charge is 0.307 e. The van der Waals surface area contributed by atoms with Gasteiger partial charge in [0, 0.05) is 6.54 Å². The van der Waals surface area contributed by atoms with Gasteiger partial charge in [-0.2, -0.15) is 0 Å². The van der Waals surface area contributed by atoms with Gasteiger partial charge in [0.2, 0.25) is 10.0 Å². The summed E-state index contributed by atoms with van der Waals surface area (Å²) in [6.07, 6.45) is -0.0545. The van der Waals surface area contributed by atoms with E-state index in [1.807, 2.05) is 49.4 Å². The summed E-state index contributed by atoms with van der Waals surface area (Å²) in [5.41, 5.74) is 0.909. The molecule has 0 atom stereocenters. The van der Waals surface area contributed by atoms with Gasteiger partial charge in [-0.25, -0.2) is 13.1 Å². The number of fused-ring (bicyclic) bond motifs is 1. The second-order valence-corrected chi connectivity index (χ2v) is 8.12. The van der Waals surface area contributed by atoms with Crippen molar-refractivity contribution in [3.05, 3.63) is 72.3 Å². The average molecular weight is 413 g/mol. The van der Waals surface area contributed by atoms with Crippen molar-refractivity contribution in [2.45, 2.75) is 24.8 Å². The highest BCUT2D eigenvalue weighted by molar-refractivity contribution is 7.89. The minimum Gasteiger partial charge on any atom is -0.494 e. The lowest BCUT2D eigenvalue weighted by atomic mass is 10.1. The number of carbonyl (C=O) groups excluding carboxylic acids is 1. The van der Waals surface area contributed by atoms with Gasteiger partial charge >= 0.3 is 5.97 Å². The van der Waals surface area contributed by atoms with Crippen molar-refractivity contribution in [2.75, 3.05) is 13.2 Å². The van der Waals surface area contributed by atoms with Crippen LogP contribution in [0.4, 0.5) is 0 Å². The molecular weight excluding hydrogens is 390 g/mol. The maximum Gasteiger partial charge on any atom is 0.307 e. The number of ether oxygens (including phenoxy) is 2. The van der Waals surface area contributed by atoms with Crippen molar-refractivity contribution in [2.24, 2.45) is 0 Å². The van der Waals surface area contributed by atoms with Crippen molar-refractivity contribution < 1.29 is 22.7 Å². The van der Waals surface area contributed by atoms with Gasteiger partial charge in [0.1, 0.15) is 12.4 Å². The Kier molecular flexibility index (Phi) is 6.85.